The Balaban J connectivity index is 1.21. The van der Waals surface area contributed by atoms with Gasteiger partial charge in [0.2, 0.25) is 10.0 Å². The number of nitriles is 1. The highest BCUT2D eigenvalue weighted by Gasteiger charge is 2.32. The van der Waals surface area contributed by atoms with Crippen molar-refractivity contribution in [1.29, 1.82) is 5.26 Å². The van der Waals surface area contributed by atoms with Crippen LogP contribution in [0.25, 0.3) is 0 Å². The molecule has 1 aromatic heterocycles. The molecule has 1 aliphatic heterocycles. The van der Waals surface area contributed by atoms with Crippen LogP contribution < -0.4 is 9.62 Å². The van der Waals surface area contributed by atoms with Gasteiger partial charge in [0.1, 0.15) is 4.21 Å². The average molecular weight is 561 g/mol. The van der Waals surface area contributed by atoms with Crippen molar-refractivity contribution in [2.24, 2.45) is 5.92 Å². The molecule has 2 aliphatic rings. The molecule has 6 nitrogen and oxygen atoms in total. The molecule has 0 spiro atoms. The van der Waals surface area contributed by atoms with E-state index in [1.807, 2.05) is 11.0 Å². The third kappa shape index (κ3) is 6.92. The number of benzene rings is 1. The Labute approximate surface area is 218 Å². The molecule has 0 unspecified atom stereocenters. The monoisotopic (exact) mass is 560 g/mol. The maximum absolute atomic E-state index is 13.2. The smallest absolute Gasteiger partial charge is 0.369 e. The predicted octanol–water partition coefficient (Wildman–Crippen LogP) is 5.34. The van der Waals surface area contributed by atoms with Crippen molar-refractivity contribution < 1.29 is 21.6 Å². The summed E-state index contributed by atoms with van der Waals surface area (Å²) in [5.41, 5.74) is -0.345. The van der Waals surface area contributed by atoms with Gasteiger partial charge in [-0.05, 0) is 74.9 Å². The highest BCUT2D eigenvalue weighted by atomic mass is 35.5. The first kappa shape index (κ1) is 27.2. The van der Waals surface area contributed by atoms with Gasteiger partial charge >= 0.3 is 6.18 Å². The number of piperazine rings is 1. The van der Waals surface area contributed by atoms with E-state index in [4.69, 9.17) is 16.9 Å². The number of hydrogen-bond acceptors (Lipinski definition) is 6. The van der Waals surface area contributed by atoms with Gasteiger partial charge in [-0.25, -0.2) is 13.1 Å². The number of anilines is 1. The van der Waals surface area contributed by atoms with E-state index in [9.17, 15) is 21.6 Å². The Kier molecular flexibility index (Phi) is 8.52. The highest BCUT2D eigenvalue weighted by molar-refractivity contribution is 7.91. The number of sulfonamides is 1. The predicted molar refractivity (Wildman–Crippen MR) is 135 cm³/mol. The van der Waals surface area contributed by atoms with Crippen LogP contribution in [-0.4, -0.2) is 52.1 Å². The van der Waals surface area contributed by atoms with Crippen molar-refractivity contribution in [2.75, 3.05) is 37.6 Å². The second kappa shape index (κ2) is 11.3. The molecule has 0 bridgehead atoms. The second-order valence-corrected chi connectivity index (χ2v) is 13.0. The molecule has 12 heteroatoms. The first-order valence-corrected chi connectivity index (χ1v) is 14.6. The minimum absolute atomic E-state index is 0.0133. The molecular formula is C24H28ClF3N4O2S2. The largest absolute Gasteiger partial charge is 0.416 e. The van der Waals surface area contributed by atoms with E-state index in [0.29, 0.717) is 29.0 Å². The van der Waals surface area contributed by atoms with Gasteiger partial charge in [-0.15, -0.1) is 11.3 Å². The summed E-state index contributed by atoms with van der Waals surface area (Å²) in [6.45, 7) is 3.61. The average Bonchev–Trinajstić information content (AvgIpc) is 3.30. The van der Waals surface area contributed by atoms with E-state index >= 15 is 0 Å². The van der Waals surface area contributed by atoms with Crippen LogP contribution in [0.2, 0.25) is 4.34 Å². The van der Waals surface area contributed by atoms with E-state index in [0.717, 1.165) is 75.2 Å². The fourth-order valence-electron chi connectivity index (χ4n) is 4.91. The van der Waals surface area contributed by atoms with E-state index < -0.39 is 21.8 Å². The lowest BCUT2D eigenvalue weighted by atomic mass is 9.84. The van der Waals surface area contributed by atoms with E-state index in [1.54, 1.807) is 6.07 Å². The van der Waals surface area contributed by atoms with Crippen molar-refractivity contribution in [2.45, 2.75) is 48.5 Å². The van der Waals surface area contributed by atoms with Gasteiger partial charge in [0.15, 0.2) is 0 Å². The van der Waals surface area contributed by atoms with Crippen LogP contribution in [-0.2, 0) is 16.2 Å². The Morgan fingerprint density at radius 1 is 1.08 bits per heavy atom. The highest BCUT2D eigenvalue weighted by Crippen LogP contribution is 2.34. The van der Waals surface area contributed by atoms with Gasteiger partial charge in [0.25, 0.3) is 0 Å². The molecule has 1 N–H and O–H groups in total. The van der Waals surface area contributed by atoms with E-state index in [1.165, 1.54) is 12.1 Å². The molecule has 2 aromatic rings. The Morgan fingerprint density at radius 3 is 2.36 bits per heavy atom. The molecule has 1 saturated carbocycles. The zero-order valence-electron chi connectivity index (χ0n) is 19.6. The summed E-state index contributed by atoms with van der Waals surface area (Å²) < 4.78 is 68.1. The van der Waals surface area contributed by atoms with Crippen LogP contribution >= 0.6 is 22.9 Å². The van der Waals surface area contributed by atoms with Crippen LogP contribution in [0.5, 0.6) is 0 Å². The molecule has 4 rings (SSSR count). The molecule has 2 fully saturated rings. The summed E-state index contributed by atoms with van der Waals surface area (Å²) >= 11 is 6.92. The summed E-state index contributed by atoms with van der Waals surface area (Å²) in [6, 6.07) is 8.40. The molecular weight excluding hydrogens is 533 g/mol. The van der Waals surface area contributed by atoms with Gasteiger partial charge < -0.3 is 4.90 Å². The van der Waals surface area contributed by atoms with Crippen LogP contribution in [0.4, 0.5) is 18.9 Å². The molecule has 0 amide bonds. The zero-order chi connectivity index (χ0) is 25.9. The zero-order valence-corrected chi connectivity index (χ0v) is 22.0. The Hall–Kier alpha value is -1.84. The van der Waals surface area contributed by atoms with Crippen LogP contribution in [0.1, 0.15) is 43.2 Å². The SMILES string of the molecule is N#Cc1cc(N2CCN(CCC3CCC(NS(=O)(=O)c4ccc(Cl)s4)CC3)CC2)cc(C(F)(F)F)c1. The number of alkyl halides is 3. The third-order valence-electron chi connectivity index (χ3n) is 6.95. The maximum Gasteiger partial charge on any atom is 0.416 e. The normalized spacial score (nSPS) is 21.9. The molecule has 0 atom stereocenters. The third-order valence-corrected chi connectivity index (χ3v) is 10.2. The van der Waals surface area contributed by atoms with Crippen LogP contribution in [0, 0.1) is 17.2 Å². The summed E-state index contributed by atoms with van der Waals surface area (Å²) in [6.07, 6.45) is 0.0438. The number of nitrogens with one attached hydrogen (secondary N) is 1. The first-order chi connectivity index (χ1) is 17.0. The summed E-state index contributed by atoms with van der Waals surface area (Å²) in [4.78, 5) is 4.23. The lowest BCUT2D eigenvalue weighted by Gasteiger charge is -2.37. The van der Waals surface area contributed by atoms with Crippen molar-refractivity contribution in [3.05, 3.63) is 45.8 Å². The molecule has 1 aromatic carbocycles. The summed E-state index contributed by atoms with van der Waals surface area (Å²) in [5, 5.41) is 9.13. The minimum Gasteiger partial charge on any atom is -0.369 e. The molecule has 196 valence electrons. The van der Waals surface area contributed by atoms with Crippen LogP contribution in [0.15, 0.2) is 34.5 Å². The fraction of sp³-hybridized carbons (Fsp3) is 0.542. The van der Waals surface area contributed by atoms with Gasteiger partial charge in [0.05, 0.1) is 21.5 Å². The maximum atomic E-state index is 13.2. The van der Waals surface area contributed by atoms with Gasteiger partial charge in [0, 0.05) is 37.9 Å². The Morgan fingerprint density at radius 2 is 1.78 bits per heavy atom. The van der Waals surface area contributed by atoms with Crippen molar-refractivity contribution in [3.8, 4) is 6.07 Å². The first-order valence-electron chi connectivity index (χ1n) is 11.9. The quantitative estimate of drug-likeness (QED) is 0.494. The summed E-state index contributed by atoms with van der Waals surface area (Å²) in [7, 11) is -3.54. The van der Waals surface area contributed by atoms with Gasteiger partial charge in [-0.2, -0.15) is 18.4 Å². The molecule has 36 heavy (non-hydrogen) atoms. The number of rotatable bonds is 7. The molecule has 0 radical (unpaired) electrons. The van der Waals surface area contributed by atoms with Crippen molar-refractivity contribution in [3.63, 3.8) is 0 Å². The minimum atomic E-state index is -4.49. The number of nitrogens with zero attached hydrogens (tertiary/aromatic N) is 3. The van der Waals surface area contributed by atoms with Crippen molar-refractivity contribution >= 4 is 38.6 Å². The van der Waals surface area contributed by atoms with Crippen molar-refractivity contribution in [1.82, 2.24) is 9.62 Å². The lowest BCUT2D eigenvalue weighted by molar-refractivity contribution is -0.137. The number of halogens is 4. The Bertz CT molecular complexity index is 1200. The van der Waals surface area contributed by atoms with Crippen LogP contribution in [0.3, 0.4) is 0 Å². The fourth-order valence-corrected chi connectivity index (χ4v) is 7.71. The van der Waals surface area contributed by atoms with Gasteiger partial charge in [-0.1, -0.05) is 11.6 Å². The second-order valence-electron chi connectivity index (χ2n) is 9.39. The molecule has 2 heterocycles. The number of thiophene rings is 1. The molecule has 1 saturated heterocycles. The van der Waals surface area contributed by atoms with E-state index in [2.05, 4.69) is 9.62 Å². The topological polar surface area (TPSA) is 76.4 Å². The van der Waals surface area contributed by atoms with E-state index in [-0.39, 0.29) is 15.8 Å². The molecule has 1 aliphatic carbocycles. The standard InChI is InChI=1S/C24H28ClF3N4O2S2/c25-22-5-6-23(35-22)36(33,34)30-20-3-1-17(2-4-20)7-8-31-9-11-32(12-10-31)21-14-18(16-29)13-19(15-21)24(26,27)28/h5-6,13-15,17,20,30H,1-4,7-12H2. The van der Waals surface area contributed by atoms with Gasteiger partial charge in [-0.3, -0.25) is 4.90 Å². The number of hydrogen-bond donors (Lipinski definition) is 1. The lowest BCUT2D eigenvalue weighted by Crippen LogP contribution is -2.47. The summed E-state index contributed by atoms with van der Waals surface area (Å²) in [5.74, 6) is 0.529.